The second-order valence-corrected chi connectivity index (χ2v) is 8.89. The van der Waals surface area contributed by atoms with Crippen LogP contribution >= 0.6 is 0 Å². The summed E-state index contributed by atoms with van der Waals surface area (Å²) in [5, 5.41) is 2.98. The number of nitrogens with two attached hydrogens (primary N) is 1. The van der Waals surface area contributed by atoms with E-state index in [-0.39, 0.29) is 18.5 Å². The van der Waals surface area contributed by atoms with Gasteiger partial charge in [-0.05, 0) is 49.2 Å². The summed E-state index contributed by atoms with van der Waals surface area (Å²) < 4.78 is 0. The van der Waals surface area contributed by atoms with Gasteiger partial charge in [0.15, 0.2) is 0 Å². The Hall–Kier alpha value is -3.85. The van der Waals surface area contributed by atoms with Gasteiger partial charge in [-0.25, -0.2) is 9.97 Å². The van der Waals surface area contributed by atoms with Crippen LogP contribution in [0.1, 0.15) is 47.1 Å². The molecule has 3 heterocycles. The van der Waals surface area contributed by atoms with Gasteiger partial charge in [-0.15, -0.1) is 0 Å². The van der Waals surface area contributed by atoms with Gasteiger partial charge in [-0.1, -0.05) is 24.6 Å². The van der Waals surface area contributed by atoms with Gasteiger partial charge in [0.1, 0.15) is 0 Å². The Labute approximate surface area is 205 Å². The average Bonchev–Trinajstić information content (AvgIpc) is 2.88. The first-order valence-electron chi connectivity index (χ1n) is 11.8. The molecule has 0 radical (unpaired) electrons. The van der Waals surface area contributed by atoms with Crippen molar-refractivity contribution < 1.29 is 9.59 Å². The molecule has 0 saturated carbocycles. The van der Waals surface area contributed by atoms with Gasteiger partial charge in [-0.2, -0.15) is 0 Å². The third kappa shape index (κ3) is 5.99. The lowest BCUT2D eigenvalue weighted by atomic mass is 9.93. The van der Waals surface area contributed by atoms with Crippen molar-refractivity contribution in [1.82, 2.24) is 25.2 Å². The number of likely N-dealkylation sites (tertiary alicyclic amines) is 1. The zero-order valence-electron chi connectivity index (χ0n) is 20.1. The number of pyridine rings is 1. The summed E-state index contributed by atoms with van der Waals surface area (Å²) in [7, 11) is 3.80. The number of amides is 2. The minimum atomic E-state index is -0.483. The summed E-state index contributed by atoms with van der Waals surface area (Å²) in [6.45, 7) is 1.45. The highest BCUT2D eigenvalue weighted by Gasteiger charge is 2.30. The molecule has 1 aliphatic rings. The van der Waals surface area contributed by atoms with Crippen molar-refractivity contribution in [3.05, 3.63) is 71.8 Å². The van der Waals surface area contributed by atoms with Crippen LogP contribution < -0.4 is 16.0 Å². The summed E-state index contributed by atoms with van der Waals surface area (Å²) in [5.74, 6) is 0.0600. The number of piperidine rings is 1. The van der Waals surface area contributed by atoms with Crippen LogP contribution in [0.3, 0.4) is 0 Å². The molecule has 182 valence electrons. The highest BCUT2D eigenvalue weighted by Crippen LogP contribution is 2.36. The summed E-state index contributed by atoms with van der Waals surface area (Å²) in [6.07, 6.45) is 6.45. The number of nitrogens with zero attached hydrogens (tertiary/aromatic N) is 5. The maximum atomic E-state index is 12.8. The average molecular weight is 474 g/mol. The van der Waals surface area contributed by atoms with Gasteiger partial charge in [0.05, 0.1) is 30.5 Å². The molecular formula is C26H31N7O2. The molecule has 35 heavy (non-hydrogen) atoms. The number of rotatable bonds is 8. The summed E-state index contributed by atoms with van der Waals surface area (Å²) in [4.78, 5) is 42.4. The number of nitrogens with one attached hydrogen (secondary N) is 1. The molecule has 2 amide bonds. The summed E-state index contributed by atoms with van der Waals surface area (Å²) in [5.41, 5.74) is 9.28. The molecule has 9 heteroatoms. The first-order valence-corrected chi connectivity index (χ1v) is 11.8. The van der Waals surface area contributed by atoms with E-state index in [1.165, 1.54) is 0 Å². The van der Waals surface area contributed by atoms with Crippen LogP contribution in [0.5, 0.6) is 0 Å². The zero-order valence-corrected chi connectivity index (χ0v) is 20.1. The predicted molar refractivity (Wildman–Crippen MR) is 135 cm³/mol. The lowest BCUT2D eigenvalue weighted by Gasteiger charge is -2.36. The topological polar surface area (TPSA) is 117 Å². The van der Waals surface area contributed by atoms with E-state index in [0.29, 0.717) is 18.1 Å². The van der Waals surface area contributed by atoms with Crippen molar-refractivity contribution in [2.24, 2.45) is 5.73 Å². The van der Waals surface area contributed by atoms with E-state index >= 15 is 0 Å². The molecule has 1 aromatic carbocycles. The van der Waals surface area contributed by atoms with Crippen LogP contribution in [-0.4, -0.2) is 58.9 Å². The first kappa shape index (κ1) is 24.3. The Kier molecular flexibility index (Phi) is 7.67. The van der Waals surface area contributed by atoms with E-state index in [2.05, 4.69) is 20.2 Å². The maximum Gasteiger partial charge on any atom is 0.248 e. The molecule has 3 N–H and O–H groups in total. The molecule has 0 bridgehead atoms. The van der Waals surface area contributed by atoms with Crippen LogP contribution in [-0.2, 0) is 11.3 Å². The third-order valence-corrected chi connectivity index (χ3v) is 6.13. The molecule has 9 nitrogen and oxygen atoms in total. The molecule has 3 aromatic rings. The van der Waals surface area contributed by atoms with Gasteiger partial charge in [0.2, 0.25) is 17.8 Å². The van der Waals surface area contributed by atoms with Crippen molar-refractivity contribution in [1.29, 1.82) is 0 Å². The Balaban J connectivity index is 1.62. The number of anilines is 1. The van der Waals surface area contributed by atoms with Crippen molar-refractivity contribution >= 4 is 17.8 Å². The molecule has 2 aromatic heterocycles. The Morgan fingerprint density at radius 1 is 1.14 bits per heavy atom. The molecule has 1 aliphatic heterocycles. The van der Waals surface area contributed by atoms with Gasteiger partial charge in [0.25, 0.3) is 0 Å². The Morgan fingerprint density at radius 3 is 2.74 bits per heavy atom. The van der Waals surface area contributed by atoms with E-state index in [0.717, 1.165) is 48.3 Å². The highest BCUT2D eigenvalue weighted by atomic mass is 16.2. The maximum absolute atomic E-state index is 12.8. The summed E-state index contributed by atoms with van der Waals surface area (Å²) >= 11 is 0. The van der Waals surface area contributed by atoms with Gasteiger partial charge < -0.3 is 16.0 Å². The fourth-order valence-electron chi connectivity index (χ4n) is 4.34. The highest BCUT2D eigenvalue weighted by molar-refractivity contribution is 5.94. The fourth-order valence-corrected chi connectivity index (χ4v) is 4.34. The number of benzene rings is 1. The lowest BCUT2D eigenvalue weighted by molar-refractivity contribution is -0.123. The molecule has 0 unspecified atom stereocenters. The Bertz CT molecular complexity index is 1180. The van der Waals surface area contributed by atoms with E-state index in [9.17, 15) is 9.59 Å². The number of aromatic nitrogens is 3. The molecule has 0 spiro atoms. The van der Waals surface area contributed by atoms with E-state index in [1.807, 2.05) is 49.3 Å². The van der Waals surface area contributed by atoms with Crippen molar-refractivity contribution in [3.63, 3.8) is 0 Å². The fraction of sp³-hybridized carbons (Fsp3) is 0.346. The molecule has 0 aliphatic carbocycles. The second-order valence-electron chi connectivity index (χ2n) is 8.89. The smallest absolute Gasteiger partial charge is 0.248 e. The normalized spacial score (nSPS) is 16.0. The predicted octanol–water partition coefficient (Wildman–Crippen LogP) is 2.55. The zero-order chi connectivity index (χ0) is 24.8. The van der Waals surface area contributed by atoms with Gasteiger partial charge in [-0.3, -0.25) is 19.5 Å². The minimum absolute atomic E-state index is 0.0540. The quantitative estimate of drug-likeness (QED) is 0.516. The first-order chi connectivity index (χ1) is 16.9. The molecule has 1 saturated heterocycles. The SMILES string of the molecule is CN(C)c1ncc(-c2cccc(C(N)=O)c2)c([C@@H]2CCCCN2CC(=O)NCc2ccccn2)n1. The monoisotopic (exact) mass is 473 g/mol. The Morgan fingerprint density at radius 2 is 2.00 bits per heavy atom. The molecule has 1 fully saturated rings. The largest absolute Gasteiger partial charge is 0.366 e. The van der Waals surface area contributed by atoms with E-state index in [4.69, 9.17) is 10.7 Å². The van der Waals surface area contributed by atoms with Crippen molar-refractivity contribution in [3.8, 4) is 11.1 Å². The van der Waals surface area contributed by atoms with E-state index < -0.39 is 5.91 Å². The van der Waals surface area contributed by atoms with Crippen LogP contribution in [0.25, 0.3) is 11.1 Å². The number of hydrogen-bond acceptors (Lipinski definition) is 7. The van der Waals surface area contributed by atoms with Gasteiger partial charge in [0, 0.05) is 37.6 Å². The standard InChI is InChI=1S/C26H31N7O2/c1-32(2)26-30-16-21(18-8-7-9-19(14-18)25(27)35)24(31-26)22-11-4-6-13-33(22)17-23(34)29-15-20-10-3-5-12-28-20/h3,5,7-10,12,14,16,22H,4,6,11,13,15,17H2,1-2H3,(H2,27,35)(H,29,34)/t22-/m0/s1. The lowest BCUT2D eigenvalue weighted by Crippen LogP contribution is -2.42. The third-order valence-electron chi connectivity index (χ3n) is 6.13. The van der Waals surface area contributed by atoms with Crippen LogP contribution in [0.4, 0.5) is 5.95 Å². The summed E-state index contributed by atoms with van der Waals surface area (Å²) in [6, 6.07) is 12.8. The van der Waals surface area contributed by atoms with Crippen LogP contribution in [0.2, 0.25) is 0 Å². The van der Waals surface area contributed by atoms with Crippen LogP contribution in [0, 0.1) is 0 Å². The van der Waals surface area contributed by atoms with Crippen molar-refractivity contribution in [2.75, 3.05) is 32.1 Å². The molecular weight excluding hydrogens is 442 g/mol. The molecule has 4 rings (SSSR count). The number of hydrogen-bond donors (Lipinski definition) is 2. The van der Waals surface area contributed by atoms with Gasteiger partial charge >= 0.3 is 0 Å². The number of carbonyl (C=O) groups is 2. The van der Waals surface area contributed by atoms with Crippen LogP contribution in [0.15, 0.2) is 54.9 Å². The number of primary amides is 1. The number of carbonyl (C=O) groups excluding carboxylic acids is 2. The second kappa shape index (κ2) is 11.1. The minimum Gasteiger partial charge on any atom is -0.366 e. The van der Waals surface area contributed by atoms with E-state index in [1.54, 1.807) is 24.5 Å². The van der Waals surface area contributed by atoms with Crippen molar-refractivity contribution in [2.45, 2.75) is 31.8 Å². The molecule has 1 atom stereocenters.